The van der Waals surface area contributed by atoms with Gasteiger partial charge in [0.15, 0.2) is 0 Å². The normalized spacial score (nSPS) is 10.6. The van der Waals surface area contributed by atoms with Gasteiger partial charge in [0.1, 0.15) is 16.8 Å². The lowest BCUT2D eigenvalue weighted by molar-refractivity contribution is 0.340. The maximum Gasteiger partial charge on any atom is 0.119 e. The van der Waals surface area contributed by atoms with Crippen LogP contribution in [0.15, 0.2) is 29.8 Å². The first-order chi connectivity index (χ1) is 7.67. The van der Waals surface area contributed by atoms with Gasteiger partial charge in [0.25, 0.3) is 0 Å². The maximum absolute atomic E-state index is 8.79. The van der Waals surface area contributed by atoms with E-state index in [0.717, 1.165) is 11.3 Å². The lowest BCUT2D eigenvalue weighted by Gasteiger charge is -2.02. The molecular formula is C12H12N2OS. The Morgan fingerprint density at radius 3 is 2.56 bits per heavy atom. The zero-order chi connectivity index (χ0) is 12.0. The molecule has 2 N–H and O–H groups in total. The largest absolute Gasteiger partial charge is 0.494 e. The van der Waals surface area contributed by atoms with Gasteiger partial charge in [0, 0.05) is 0 Å². The molecule has 0 aliphatic rings. The van der Waals surface area contributed by atoms with E-state index < -0.39 is 0 Å². The fourth-order valence-electron chi connectivity index (χ4n) is 1.15. The molecule has 1 aromatic rings. The van der Waals surface area contributed by atoms with Crippen molar-refractivity contribution in [2.75, 3.05) is 6.61 Å². The predicted molar refractivity (Wildman–Crippen MR) is 68.0 cm³/mol. The van der Waals surface area contributed by atoms with Crippen LogP contribution in [0.1, 0.15) is 12.5 Å². The van der Waals surface area contributed by atoms with E-state index in [9.17, 15) is 0 Å². The lowest BCUT2D eigenvalue weighted by atomic mass is 10.1. The van der Waals surface area contributed by atoms with Crippen LogP contribution in [0.4, 0.5) is 0 Å². The van der Waals surface area contributed by atoms with Crippen molar-refractivity contribution in [3.05, 3.63) is 35.4 Å². The summed E-state index contributed by atoms with van der Waals surface area (Å²) in [5.41, 5.74) is 6.56. The van der Waals surface area contributed by atoms with Crippen LogP contribution >= 0.6 is 12.2 Å². The molecule has 0 spiro atoms. The molecule has 0 aliphatic carbocycles. The standard InChI is InChI=1S/C12H12N2OS/c1-2-15-11-5-3-9(4-6-11)7-10(8-13)12(14)16/h3-7H,2H2,1H3,(H2,14,16). The summed E-state index contributed by atoms with van der Waals surface area (Å²) in [6, 6.07) is 9.32. The highest BCUT2D eigenvalue weighted by Gasteiger charge is 1.99. The molecule has 0 saturated carbocycles. The maximum atomic E-state index is 8.79. The summed E-state index contributed by atoms with van der Waals surface area (Å²) >= 11 is 4.74. The molecule has 0 fully saturated rings. The number of benzene rings is 1. The number of hydrogen-bond donors (Lipinski definition) is 1. The van der Waals surface area contributed by atoms with Crippen molar-refractivity contribution < 1.29 is 4.74 Å². The van der Waals surface area contributed by atoms with Crippen molar-refractivity contribution in [1.82, 2.24) is 0 Å². The van der Waals surface area contributed by atoms with Gasteiger partial charge in [0.2, 0.25) is 0 Å². The van der Waals surface area contributed by atoms with Crippen molar-refractivity contribution >= 4 is 23.3 Å². The summed E-state index contributed by atoms with van der Waals surface area (Å²) in [5.74, 6) is 0.800. The van der Waals surface area contributed by atoms with Gasteiger partial charge in [-0.25, -0.2) is 0 Å². The van der Waals surface area contributed by atoms with Gasteiger partial charge in [-0.1, -0.05) is 24.4 Å². The molecule has 0 atom stereocenters. The minimum atomic E-state index is 0.108. The Kier molecular flexibility index (Phi) is 4.49. The second-order valence-corrected chi connectivity index (χ2v) is 3.48. The van der Waals surface area contributed by atoms with Crippen molar-refractivity contribution in [1.29, 1.82) is 5.26 Å². The second kappa shape index (κ2) is 5.89. The van der Waals surface area contributed by atoms with Crippen LogP contribution in [0.3, 0.4) is 0 Å². The number of nitriles is 1. The van der Waals surface area contributed by atoms with Gasteiger partial charge >= 0.3 is 0 Å². The van der Waals surface area contributed by atoms with Crippen molar-refractivity contribution in [3.63, 3.8) is 0 Å². The molecule has 0 radical (unpaired) electrons. The molecule has 16 heavy (non-hydrogen) atoms. The Balaban J connectivity index is 2.90. The first-order valence-electron chi connectivity index (χ1n) is 4.82. The van der Waals surface area contributed by atoms with Crippen LogP contribution in [0, 0.1) is 11.3 Å². The van der Waals surface area contributed by atoms with E-state index in [1.165, 1.54) is 0 Å². The SMILES string of the molecule is CCOc1ccc(C=C(C#N)C(N)=S)cc1. The van der Waals surface area contributed by atoms with Gasteiger partial charge in [-0.15, -0.1) is 0 Å². The molecule has 0 saturated heterocycles. The Hall–Kier alpha value is -1.86. The number of hydrogen-bond acceptors (Lipinski definition) is 3. The summed E-state index contributed by atoms with van der Waals surface area (Å²) < 4.78 is 5.30. The number of nitrogens with zero attached hydrogens (tertiary/aromatic N) is 1. The zero-order valence-electron chi connectivity index (χ0n) is 8.93. The van der Waals surface area contributed by atoms with Crippen molar-refractivity contribution in [3.8, 4) is 11.8 Å². The molecule has 0 aliphatic heterocycles. The van der Waals surface area contributed by atoms with Crippen molar-refractivity contribution in [2.24, 2.45) is 5.73 Å². The van der Waals surface area contributed by atoms with E-state index in [2.05, 4.69) is 0 Å². The van der Waals surface area contributed by atoms with E-state index >= 15 is 0 Å². The topological polar surface area (TPSA) is 59.0 Å². The minimum absolute atomic E-state index is 0.108. The van der Waals surface area contributed by atoms with Crippen LogP contribution in [-0.4, -0.2) is 11.6 Å². The summed E-state index contributed by atoms with van der Waals surface area (Å²) in [5, 5.41) is 8.79. The van der Waals surface area contributed by atoms with E-state index in [4.69, 9.17) is 28.0 Å². The van der Waals surface area contributed by atoms with E-state index in [-0.39, 0.29) is 4.99 Å². The number of thiocarbonyl (C=S) groups is 1. The Morgan fingerprint density at radius 1 is 1.50 bits per heavy atom. The summed E-state index contributed by atoms with van der Waals surface area (Å²) in [6.07, 6.45) is 1.65. The fraction of sp³-hybridized carbons (Fsp3) is 0.167. The number of ether oxygens (including phenoxy) is 1. The molecular weight excluding hydrogens is 220 g/mol. The average molecular weight is 232 g/mol. The smallest absolute Gasteiger partial charge is 0.119 e. The van der Waals surface area contributed by atoms with E-state index in [1.807, 2.05) is 37.3 Å². The summed E-state index contributed by atoms with van der Waals surface area (Å²) in [6.45, 7) is 2.56. The molecule has 0 bridgehead atoms. The van der Waals surface area contributed by atoms with Gasteiger partial charge in [-0.2, -0.15) is 5.26 Å². The third-order valence-corrected chi connectivity index (χ3v) is 2.11. The molecule has 0 amide bonds. The number of nitrogens with two attached hydrogens (primary N) is 1. The van der Waals surface area contributed by atoms with E-state index in [0.29, 0.717) is 12.2 Å². The van der Waals surface area contributed by atoms with Crippen LogP contribution < -0.4 is 10.5 Å². The number of rotatable bonds is 4. The molecule has 0 unspecified atom stereocenters. The van der Waals surface area contributed by atoms with Crippen molar-refractivity contribution in [2.45, 2.75) is 6.92 Å². The second-order valence-electron chi connectivity index (χ2n) is 3.04. The van der Waals surface area contributed by atoms with Crippen LogP contribution in [0.25, 0.3) is 6.08 Å². The first kappa shape index (κ1) is 12.2. The summed E-state index contributed by atoms with van der Waals surface area (Å²) in [7, 11) is 0. The Morgan fingerprint density at radius 2 is 2.12 bits per heavy atom. The minimum Gasteiger partial charge on any atom is -0.494 e. The third-order valence-electron chi connectivity index (χ3n) is 1.89. The van der Waals surface area contributed by atoms with Crippen LogP contribution in [-0.2, 0) is 0 Å². The average Bonchev–Trinajstić information content (AvgIpc) is 2.28. The van der Waals surface area contributed by atoms with Crippen LogP contribution in [0.2, 0.25) is 0 Å². The highest BCUT2D eigenvalue weighted by molar-refractivity contribution is 7.80. The highest BCUT2D eigenvalue weighted by Crippen LogP contribution is 2.14. The molecule has 1 aromatic carbocycles. The molecule has 1 rings (SSSR count). The zero-order valence-corrected chi connectivity index (χ0v) is 9.75. The van der Waals surface area contributed by atoms with Gasteiger partial charge < -0.3 is 10.5 Å². The summed E-state index contributed by atoms with van der Waals surface area (Å²) in [4.78, 5) is 0.108. The monoisotopic (exact) mass is 232 g/mol. The molecule has 0 aromatic heterocycles. The highest BCUT2D eigenvalue weighted by atomic mass is 32.1. The van der Waals surface area contributed by atoms with Gasteiger partial charge in [0.05, 0.1) is 12.2 Å². The first-order valence-corrected chi connectivity index (χ1v) is 5.22. The fourth-order valence-corrected chi connectivity index (χ4v) is 1.26. The quantitative estimate of drug-likeness (QED) is 0.491. The predicted octanol–water partition coefficient (Wildman–Crippen LogP) is 2.28. The Labute approximate surface area is 100 Å². The third kappa shape index (κ3) is 3.37. The van der Waals surface area contributed by atoms with Gasteiger partial charge in [-0.05, 0) is 30.7 Å². The van der Waals surface area contributed by atoms with Gasteiger partial charge in [-0.3, -0.25) is 0 Å². The Bertz CT molecular complexity index is 443. The van der Waals surface area contributed by atoms with E-state index in [1.54, 1.807) is 6.08 Å². The molecule has 0 heterocycles. The molecule has 3 nitrogen and oxygen atoms in total. The molecule has 82 valence electrons. The molecule has 4 heteroatoms. The van der Waals surface area contributed by atoms with Crippen LogP contribution in [0.5, 0.6) is 5.75 Å². The lowest BCUT2D eigenvalue weighted by Crippen LogP contribution is -2.09.